The first-order valence-corrected chi connectivity index (χ1v) is 12.4. The van der Waals surface area contributed by atoms with Crippen molar-refractivity contribution in [3.8, 4) is 17.2 Å². The van der Waals surface area contributed by atoms with Gasteiger partial charge in [0.05, 0.1) is 11.8 Å². The van der Waals surface area contributed by atoms with Crippen LogP contribution in [0.5, 0.6) is 0 Å². The van der Waals surface area contributed by atoms with Gasteiger partial charge in [-0.3, -0.25) is 9.59 Å². The average Bonchev–Trinajstić information content (AvgIpc) is 3.56. The van der Waals surface area contributed by atoms with E-state index in [0.29, 0.717) is 37.0 Å². The number of carbonyl (C=O) groups is 2. The number of nitrogens with one attached hydrogen (secondary N) is 2. The van der Waals surface area contributed by atoms with Crippen molar-refractivity contribution in [2.45, 2.75) is 56.0 Å². The summed E-state index contributed by atoms with van der Waals surface area (Å²) in [5, 5.41) is 21.0. The summed E-state index contributed by atoms with van der Waals surface area (Å²) in [5.41, 5.74) is 6.52. The molecule has 10 heteroatoms. The van der Waals surface area contributed by atoms with E-state index in [1.54, 1.807) is 6.07 Å². The summed E-state index contributed by atoms with van der Waals surface area (Å²) in [6.45, 7) is 0. The lowest BCUT2D eigenvalue weighted by Gasteiger charge is -2.37. The van der Waals surface area contributed by atoms with Gasteiger partial charge in [0.1, 0.15) is 23.0 Å². The van der Waals surface area contributed by atoms with E-state index in [2.05, 4.69) is 21.8 Å². The highest BCUT2D eigenvalue weighted by molar-refractivity contribution is 6.00. The number of carbonyl (C=O) groups excluding carboxylic acids is 2. The van der Waals surface area contributed by atoms with Gasteiger partial charge in [0.15, 0.2) is 5.76 Å². The molecule has 0 unspecified atom stereocenters. The molecule has 0 aliphatic heterocycles. The molecule has 2 amide bonds. The van der Waals surface area contributed by atoms with Gasteiger partial charge in [-0.05, 0) is 61.1 Å². The van der Waals surface area contributed by atoms with Crippen LogP contribution in [0.1, 0.15) is 55.5 Å². The van der Waals surface area contributed by atoms with Gasteiger partial charge in [0.2, 0.25) is 5.91 Å². The van der Waals surface area contributed by atoms with Crippen LogP contribution in [0.25, 0.3) is 22.1 Å². The zero-order valence-electron chi connectivity index (χ0n) is 20.4. The van der Waals surface area contributed by atoms with Gasteiger partial charge in [-0.1, -0.05) is 43.5 Å². The van der Waals surface area contributed by atoms with Crippen LogP contribution < -0.4 is 27.3 Å². The van der Waals surface area contributed by atoms with E-state index < -0.39 is 17.0 Å². The Morgan fingerprint density at radius 2 is 1.70 bits per heavy atom. The monoisotopic (exact) mass is 499 g/mol. The molecular weight excluding hydrogens is 470 g/mol. The van der Waals surface area contributed by atoms with Gasteiger partial charge >= 0.3 is 0 Å². The molecule has 0 radical (unpaired) electrons. The number of benzene rings is 2. The summed E-state index contributed by atoms with van der Waals surface area (Å²) in [7, 11) is 0. The summed E-state index contributed by atoms with van der Waals surface area (Å²) >= 11 is 0. The average molecular weight is 500 g/mol. The van der Waals surface area contributed by atoms with E-state index in [9.17, 15) is 14.9 Å². The molecule has 2 aromatic carbocycles. The Bertz CT molecular complexity index is 1390. The minimum absolute atomic E-state index is 0.139. The Kier molecular flexibility index (Phi) is 6.31. The van der Waals surface area contributed by atoms with Crippen LogP contribution in [-0.2, 0) is 4.79 Å². The van der Waals surface area contributed by atoms with Gasteiger partial charge in [-0.2, -0.15) is 10.4 Å². The number of hydrazone groups is 1. The number of hydrogen-bond acceptors (Lipinski definition) is 7. The number of nitrogens with two attached hydrogens (primary N) is 2. The first kappa shape index (κ1) is 24.3. The van der Waals surface area contributed by atoms with Gasteiger partial charge < -0.3 is 20.8 Å². The van der Waals surface area contributed by atoms with Crippen LogP contribution in [0.3, 0.4) is 0 Å². The Hall–Kier alpha value is -4.36. The molecule has 2 fully saturated rings. The third-order valence-electron chi connectivity index (χ3n) is 7.21. The molecule has 190 valence electrons. The lowest BCUT2D eigenvalue weighted by Crippen LogP contribution is -2.61. The number of anilines is 1. The number of furan rings is 1. The van der Waals surface area contributed by atoms with Crippen molar-refractivity contribution in [3.05, 3.63) is 54.3 Å². The zero-order chi connectivity index (χ0) is 26.0. The predicted molar refractivity (Wildman–Crippen MR) is 140 cm³/mol. The van der Waals surface area contributed by atoms with Gasteiger partial charge in [-0.15, -0.1) is 5.10 Å². The molecule has 2 aliphatic carbocycles. The third-order valence-corrected chi connectivity index (χ3v) is 7.21. The quantitative estimate of drug-likeness (QED) is 0.168. The van der Waals surface area contributed by atoms with Crippen molar-refractivity contribution < 1.29 is 14.0 Å². The van der Waals surface area contributed by atoms with Crippen LogP contribution in [-0.4, -0.2) is 29.2 Å². The van der Waals surface area contributed by atoms with Gasteiger partial charge in [0.25, 0.3) is 5.91 Å². The topological polar surface area (TPSA) is 163 Å². The van der Waals surface area contributed by atoms with E-state index in [-0.39, 0.29) is 11.7 Å². The Morgan fingerprint density at radius 1 is 1.00 bits per heavy atom. The highest BCUT2D eigenvalue weighted by Gasteiger charge is 2.50. The molecule has 5 rings (SSSR count). The first-order chi connectivity index (χ1) is 17.9. The molecule has 1 heterocycles. The summed E-state index contributed by atoms with van der Waals surface area (Å²) in [6, 6.07) is 17.0. The lowest BCUT2D eigenvalue weighted by molar-refractivity contribution is -0.129. The number of nitrogens with zero attached hydrogens (tertiary/aromatic N) is 3. The minimum atomic E-state index is -1.04. The molecule has 2 saturated carbocycles. The maximum Gasteiger partial charge on any atom is 0.287 e. The third kappa shape index (κ3) is 4.86. The molecular formula is C27H29N7O3. The summed E-state index contributed by atoms with van der Waals surface area (Å²) in [5.74, 6) is 5.21. The number of hydrogen-bond donors (Lipinski definition) is 4. The number of hydrazine groups is 1. The largest absolute Gasteiger partial charge is 0.451 e. The van der Waals surface area contributed by atoms with Crippen LogP contribution >= 0.6 is 0 Å². The number of amides is 2. The van der Waals surface area contributed by atoms with Crippen LogP contribution in [0.2, 0.25) is 0 Å². The van der Waals surface area contributed by atoms with Crippen molar-refractivity contribution in [2.24, 2.45) is 16.7 Å². The molecule has 0 bridgehead atoms. The Balaban J connectivity index is 1.36. The number of rotatable bonds is 7. The Labute approximate surface area is 214 Å². The maximum absolute atomic E-state index is 13.3. The highest BCUT2D eigenvalue weighted by atomic mass is 16.3. The fraction of sp³-hybridized carbons (Fsp3) is 0.333. The van der Waals surface area contributed by atoms with Crippen LogP contribution in [0.15, 0.2) is 58.0 Å². The smallest absolute Gasteiger partial charge is 0.287 e. The van der Waals surface area contributed by atoms with E-state index >= 15 is 0 Å². The second kappa shape index (κ2) is 9.59. The number of fused-ring (bicyclic) bond motifs is 1. The summed E-state index contributed by atoms with van der Waals surface area (Å²) in [4.78, 5) is 26.5. The van der Waals surface area contributed by atoms with E-state index in [0.717, 1.165) is 42.1 Å². The minimum Gasteiger partial charge on any atom is -0.451 e. The maximum atomic E-state index is 13.3. The van der Waals surface area contributed by atoms with E-state index in [4.69, 9.17) is 16.0 Å². The molecule has 37 heavy (non-hydrogen) atoms. The number of nitriles is 1. The van der Waals surface area contributed by atoms with E-state index in [1.165, 1.54) is 5.12 Å². The first-order valence-electron chi connectivity index (χ1n) is 12.4. The summed E-state index contributed by atoms with van der Waals surface area (Å²) in [6.07, 6.45) is 6.12. The molecule has 6 N–H and O–H groups in total. The van der Waals surface area contributed by atoms with Gasteiger partial charge in [-0.25, -0.2) is 5.84 Å². The molecule has 0 atom stereocenters. The molecule has 0 spiro atoms. The molecule has 0 saturated heterocycles. The molecule has 1 aromatic heterocycles. The second-order valence-corrected chi connectivity index (χ2v) is 9.76. The van der Waals surface area contributed by atoms with Crippen molar-refractivity contribution >= 4 is 34.8 Å². The van der Waals surface area contributed by atoms with Gasteiger partial charge in [0, 0.05) is 5.39 Å². The molecule has 2 aliphatic rings. The van der Waals surface area contributed by atoms with Crippen molar-refractivity contribution in [2.75, 3.05) is 5.12 Å². The fourth-order valence-electron chi connectivity index (χ4n) is 4.84. The zero-order valence-corrected chi connectivity index (χ0v) is 20.4. The Morgan fingerprint density at radius 3 is 2.35 bits per heavy atom. The predicted octanol–water partition coefficient (Wildman–Crippen LogP) is 3.29. The lowest BCUT2D eigenvalue weighted by atomic mass is 9.80. The van der Waals surface area contributed by atoms with E-state index in [1.807, 2.05) is 42.5 Å². The van der Waals surface area contributed by atoms with Crippen molar-refractivity contribution in [3.63, 3.8) is 0 Å². The standard InChI is InChI=1S/C27H29N7O3/c28-16-26(12-13-26)33-25(36)27(10-2-1-3-11-27)32-24(35)23-15-20-5-4-19(14-22(20)37-23)18-6-8-21(9-7-18)34(30)31-17-29/h4-9,14-15,17H,1-3,10-13,30H2,(H2,29,31)(H,32,35)(H,33,36). The van der Waals surface area contributed by atoms with Crippen LogP contribution in [0, 0.1) is 11.3 Å². The molecule has 3 aromatic rings. The highest BCUT2D eigenvalue weighted by Crippen LogP contribution is 2.37. The van der Waals surface area contributed by atoms with Crippen LogP contribution in [0.4, 0.5) is 5.69 Å². The van der Waals surface area contributed by atoms with Crippen molar-refractivity contribution in [1.29, 1.82) is 5.26 Å². The summed E-state index contributed by atoms with van der Waals surface area (Å²) < 4.78 is 5.93. The second-order valence-electron chi connectivity index (χ2n) is 9.76. The SMILES string of the molecule is N#CC1(NC(=O)C2(NC(=O)c3cc4ccc(-c5ccc(N(N)/N=C\N)cc5)cc4o3)CCCCC2)CC1. The van der Waals surface area contributed by atoms with Crippen molar-refractivity contribution in [1.82, 2.24) is 10.6 Å². The normalized spacial score (nSPS) is 17.7. The fourth-order valence-corrected chi connectivity index (χ4v) is 4.84. The molecule has 10 nitrogen and oxygen atoms in total.